The minimum absolute atomic E-state index is 0. The molecule has 136 valence electrons. The molecule has 0 radical (unpaired) electrons. The molecule has 1 aromatic carbocycles. The van der Waals surface area contributed by atoms with E-state index < -0.39 is 0 Å². The molecule has 0 bridgehead atoms. The summed E-state index contributed by atoms with van der Waals surface area (Å²) in [5.74, 6) is 0.626. The normalized spacial score (nSPS) is 15.2. The van der Waals surface area contributed by atoms with Crippen LogP contribution in [0.15, 0.2) is 40.8 Å². The first-order valence-electron chi connectivity index (χ1n) is 8.14. The van der Waals surface area contributed by atoms with E-state index >= 15 is 0 Å². The summed E-state index contributed by atoms with van der Waals surface area (Å²) in [6, 6.07) is 7.95. The second kappa shape index (κ2) is 9.93. The molecule has 1 aromatic heterocycles. The summed E-state index contributed by atoms with van der Waals surface area (Å²) in [5.41, 5.74) is 8.27. The molecule has 0 unspecified atom stereocenters. The first-order valence-corrected chi connectivity index (χ1v) is 9.02. The average Bonchev–Trinajstić information content (AvgIpc) is 3.17. The van der Waals surface area contributed by atoms with Crippen LogP contribution in [-0.2, 0) is 13.0 Å². The van der Waals surface area contributed by atoms with E-state index in [1.165, 1.54) is 5.56 Å². The highest BCUT2D eigenvalue weighted by Crippen LogP contribution is 2.18. The maximum absolute atomic E-state index is 9.05. The standard InChI is InChI=1S/C17H23N5OS.HI/c18-16(19-6-5-14-1-3-15(13-23)4-2-14)21-8-10-22(11-9-21)17-20-7-12-24-17;/h1-4,7,12,23H,5-6,8-11,13H2,(H2,18,19);1H. The highest BCUT2D eigenvalue weighted by Gasteiger charge is 2.19. The lowest BCUT2D eigenvalue weighted by molar-refractivity contribution is 0.282. The number of aromatic nitrogens is 1. The molecule has 3 N–H and O–H groups in total. The van der Waals surface area contributed by atoms with Crippen LogP contribution in [0.3, 0.4) is 0 Å². The number of thiazole rings is 1. The number of aliphatic imine (C=N–C) groups is 1. The number of rotatable bonds is 5. The van der Waals surface area contributed by atoms with Crippen molar-refractivity contribution in [3.05, 3.63) is 47.0 Å². The van der Waals surface area contributed by atoms with E-state index in [0.717, 1.165) is 43.3 Å². The minimum Gasteiger partial charge on any atom is -0.392 e. The first-order chi connectivity index (χ1) is 11.8. The third-order valence-corrected chi connectivity index (χ3v) is 5.01. The highest BCUT2D eigenvalue weighted by molar-refractivity contribution is 14.0. The third kappa shape index (κ3) is 5.55. The van der Waals surface area contributed by atoms with E-state index in [4.69, 9.17) is 10.8 Å². The Balaban J connectivity index is 0.00000225. The van der Waals surface area contributed by atoms with Gasteiger partial charge in [0.25, 0.3) is 0 Å². The zero-order valence-corrected chi connectivity index (χ0v) is 17.2. The number of benzene rings is 1. The Hall–Kier alpha value is -1.39. The molecule has 0 amide bonds. The Kier molecular flexibility index (Phi) is 7.91. The molecular formula is C17H24IN5OS. The number of piperazine rings is 1. The average molecular weight is 473 g/mol. The number of halogens is 1. The van der Waals surface area contributed by atoms with Crippen LogP contribution in [0, 0.1) is 0 Å². The van der Waals surface area contributed by atoms with Crippen molar-refractivity contribution in [3.8, 4) is 0 Å². The Labute approximate surface area is 169 Å². The van der Waals surface area contributed by atoms with Gasteiger partial charge < -0.3 is 20.6 Å². The summed E-state index contributed by atoms with van der Waals surface area (Å²) in [6.45, 7) is 4.36. The fourth-order valence-corrected chi connectivity index (χ4v) is 3.41. The van der Waals surface area contributed by atoms with Crippen molar-refractivity contribution in [1.82, 2.24) is 9.88 Å². The van der Waals surface area contributed by atoms with Gasteiger partial charge in [0.05, 0.1) is 6.61 Å². The molecular weight excluding hydrogens is 449 g/mol. The van der Waals surface area contributed by atoms with E-state index in [1.54, 1.807) is 11.3 Å². The van der Waals surface area contributed by atoms with Gasteiger partial charge in [0, 0.05) is 44.3 Å². The van der Waals surface area contributed by atoms with Crippen molar-refractivity contribution in [3.63, 3.8) is 0 Å². The molecule has 6 nitrogen and oxygen atoms in total. The van der Waals surface area contributed by atoms with E-state index in [-0.39, 0.29) is 30.6 Å². The summed E-state index contributed by atoms with van der Waals surface area (Å²) in [5, 5.41) is 12.1. The molecule has 25 heavy (non-hydrogen) atoms. The fraction of sp³-hybridized carbons (Fsp3) is 0.412. The summed E-state index contributed by atoms with van der Waals surface area (Å²) in [7, 11) is 0. The molecule has 8 heteroatoms. The SMILES string of the molecule is I.NC(=NCCc1ccc(CO)cc1)N1CCN(c2nccs2)CC1. The largest absolute Gasteiger partial charge is 0.392 e. The Morgan fingerprint density at radius 1 is 1.16 bits per heavy atom. The number of anilines is 1. The monoisotopic (exact) mass is 473 g/mol. The molecule has 1 aliphatic rings. The fourth-order valence-electron chi connectivity index (χ4n) is 2.71. The van der Waals surface area contributed by atoms with Crippen LogP contribution in [0.4, 0.5) is 5.13 Å². The van der Waals surface area contributed by atoms with Gasteiger partial charge in [-0.2, -0.15) is 0 Å². The van der Waals surface area contributed by atoms with E-state index in [2.05, 4.69) is 19.8 Å². The first kappa shape index (κ1) is 19.9. The number of hydrogen-bond acceptors (Lipinski definition) is 5. The van der Waals surface area contributed by atoms with Gasteiger partial charge >= 0.3 is 0 Å². The van der Waals surface area contributed by atoms with Crippen LogP contribution in [0.25, 0.3) is 0 Å². The van der Waals surface area contributed by atoms with Gasteiger partial charge in [-0.25, -0.2) is 4.98 Å². The maximum atomic E-state index is 9.05. The van der Waals surface area contributed by atoms with Crippen molar-refractivity contribution in [2.24, 2.45) is 10.7 Å². The second-order valence-electron chi connectivity index (χ2n) is 5.75. The number of nitrogens with zero attached hydrogens (tertiary/aromatic N) is 4. The molecule has 2 heterocycles. The predicted octanol–water partition coefficient (Wildman–Crippen LogP) is 1.93. The molecule has 1 fully saturated rings. The van der Waals surface area contributed by atoms with Gasteiger partial charge in [-0.15, -0.1) is 35.3 Å². The van der Waals surface area contributed by atoms with Gasteiger partial charge in [0.1, 0.15) is 0 Å². The minimum atomic E-state index is 0. The molecule has 0 aliphatic carbocycles. The molecule has 0 spiro atoms. The van der Waals surface area contributed by atoms with Gasteiger partial charge in [-0.1, -0.05) is 24.3 Å². The number of hydrogen-bond donors (Lipinski definition) is 2. The molecule has 0 saturated carbocycles. The van der Waals surface area contributed by atoms with Crippen molar-refractivity contribution in [1.29, 1.82) is 0 Å². The molecule has 0 atom stereocenters. The molecule has 2 aromatic rings. The topological polar surface area (TPSA) is 78.0 Å². The van der Waals surface area contributed by atoms with Gasteiger partial charge in [0.15, 0.2) is 11.1 Å². The number of guanidine groups is 1. The lowest BCUT2D eigenvalue weighted by Gasteiger charge is -2.35. The molecule has 1 saturated heterocycles. The van der Waals surface area contributed by atoms with Crippen LogP contribution in [-0.4, -0.2) is 53.7 Å². The van der Waals surface area contributed by atoms with Crippen molar-refractivity contribution >= 4 is 46.4 Å². The predicted molar refractivity (Wildman–Crippen MR) is 114 cm³/mol. The lowest BCUT2D eigenvalue weighted by Crippen LogP contribution is -2.51. The summed E-state index contributed by atoms with van der Waals surface area (Å²) in [6.07, 6.45) is 2.70. The summed E-state index contributed by atoms with van der Waals surface area (Å²) < 4.78 is 0. The number of nitrogens with two attached hydrogens (primary N) is 1. The van der Waals surface area contributed by atoms with E-state index in [1.807, 2.05) is 35.8 Å². The highest BCUT2D eigenvalue weighted by atomic mass is 127. The van der Waals surface area contributed by atoms with Gasteiger partial charge in [0.2, 0.25) is 0 Å². The zero-order valence-electron chi connectivity index (χ0n) is 14.0. The van der Waals surface area contributed by atoms with E-state index in [9.17, 15) is 0 Å². The van der Waals surface area contributed by atoms with Gasteiger partial charge in [-0.3, -0.25) is 4.99 Å². The zero-order chi connectivity index (χ0) is 16.8. The van der Waals surface area contributed by atoms with Gasteiger partial charge in [-0.05, 0) is 17.5 Å². The van der Waals surface area contributed by atoms with Crippen molar-refractivity contribution < 1.29 is 5.11 Å². The second-order valence-corrected chi connectivity index (χ2v) is 6.63. The molecule has 3 rings (SSSR count). The lowest BCUT2D eigenvalue weighted by atomic mass is 10.1. The van der Waals surface area contributed by atoms with Crippen LogP contribution in [0.1, 0.15) is 11.1 Å². The number of aliphatic hydroxyl groups is 1. The Morgan fingerprint density at radius 2 is 1.84 bits per heavy atom. The van der Waals surface area contributed by atoms with Crippen LogP contribution < -0.4 is 10.6 Å². The smallest absolute Gasteiger partial charge is 0.191 e. The van der Waals surface area contributed by atoms with Crippen LogP contribution >= 0.6 is 35.3 Å². The van der Waals surface area contributed by atoms with Crippen LogP contribution in [0.5, 0.6) is 0 Å². The van der Waals surface area contributed by atoms with E-state index in [0.29, 0.717) is 12.5 Å². The molecule has 1 aliphatic heterocycles. The third-order valence-electron chi connectivity index (χ3n) is 4.17. The van der Waals surface area contributed by atoms with Crippen molar-refractivity contribution in [2.75, 3.05) is 37.6 Å². The number of aliphatic hydroxyl groups excluding tert-OH is 1. The summed E-state index contributed by atoms with van der Waals surface area (Å²) in [4.78, 5) is 13.3. The quantitative estimate of drug-likeness (QED) is 0.394. The maximum Gasteiger partial charge on any atom is 0.191 e. The Bertz CT molecular complexity index is 654. The summed E-state index contributed by atoms with van der Waals surface area (Å²) >= 11 is 1.67. The Morgan fingerprint density at radius 3 is 2.44 bits per heavy atom. The van der Waals surface area contributed by atoms with Crippen molar-refractivity contribution in [2.45, 2.75) is 13.0 Å². The van der Waals surface area contributed by atoms with Crippen LogP contribution in [0.2, 0.25) is 0 Å².